The number of aliphatic hydroxyl groups excluding tert-OH is 1. The molecular formula is C14H17NO2. The Balaban J connectivity index is 2.28. The van der Waals surface area contributed by atoms with Gasteiger partial charge in [0, 0.05) is 11.1 Å². The Kier molecular flexibility index (Phi) is 3.59. The Morgan fingerprint density at radius 2 is 2.12 bits per heavy atom. The van der Waals surface area contributed by atoms with Gasteiger partial charge in [0.15, 0.2) is 0 Å². The molecule has 3 heteroatoms. The first-order chi connectivity index (χ1) is 8.20. The number of benzene rings is 1. The van der Waals surface area contributed by atoms with E-state index >= 15 is 0 Å². The lowest BCUT2D eigenvalue weighted by atomic mass is 10.2. The van der Waals surface area contributed by atoms with E-state index < -0.39 is 6.10 Å². The highest BCUT2D eigenvalue weighted by Crippen LogP contribution is 2.24. The van der Waals surface area contributed by atoms with Gasteiger partial charge in [0.1, 0.15) is 12.4 Å². The summed E-state index contributed by atoms with van der Waals surface area (Å²) >= 11 is 0. The first-order valence-electron chi connectivity index (χ1n) is 5.88. The minimum atomic E-state index is -0.413. The van der Waals surface area contributed by atoms with Crippen molar-refractivity contribution in [1.29, 1.82) is 0 Å². The number of hydrogen-bond acceptors (Lipinski definition) is 3. The normalized spacial score (nSPS) is 12.6. The molecule has 3 nitrogen and oxygen atoms in total. The zero-order valence-electron chi connectivity index (χ0n) is 10.2. The van der Waals surface area contributed by atoms with Crippen LogP contribution >= 0.6 is 0 Å². The standard InChI is InChI=1S/C14H17NO2/c1-3-11(16)9-17-14-6-4-5-13-12(14)8-7-10(2)15-13/h4-8,11,16H,3,9H2,1-2H3/t11-/m1/s1. The predicted octanol–water partition coefficient (Wildman–Crippen LogP) is 2.69. The Morgan fingerprint density at radius 3 is 2.88 bits per heavy atom. The summed E-state index contributed by atoms with van der Waals surface area (Å²) in [6.45, 7) is 4.22. The second-order valence-corrected chi connectivity index (χ2v) is 4.15. The number of fused-ring (bicyclic) bond motifs is 1. The summed E-state index contributed by atoms with van der Waals surface area (Å²) < 4.78 is 5.62. The average Bonchev–Trinajstić information content (AvgIpc) is 2.35. The molecule has 1 N–H and O–H groups in total. The highest BCUT2D eigenvalue weighted by Gasteiger charge is 2.06. The van der Waals surface area contributed by atoms with Gasteiger partial charge >= 0.3 is 0 Å². The van der Waals surface area contributed by atoms with E-state index in [0.29, 0.717) is 13.0 Å². The lowest BCUT2D eigenvalue weighted by molar-refractivity contribution is 0.105. The van der Waals surface area contributed by atoms with E-state index in [4.69, 9.17) is 4.74 Å². The zero-order chi connectivity index (χ0) is 12.3. The summed E-state index contributed by atoms with van der Waals surface area (Å²) in [4.78, 5) is 4.44. The minimum Gasteiger partial charge on any atom is -0.490 e. The molecule has 0 saturated heterocycles. The molecule has 0 aliphatic heterocycles. The van der Waals surface area contributed by atoms with E-state index in [9.17, 15) is 5.11 Å². The molecule has 1 atom stereocenters. The third-order valence-corrected chi connectivity index (χ3v) is 2.73. The molecule has 2 rings (SSSR count). The van der Waals surface area contributed by atoms with Crippen LogP contribution in [0.15, 0.2) is 30.3 Å². The van der Waals surface area contributed by atoms with Gasteiger partial charge in [0.25, 0.3) is 0 Å². The number of pyridine rings is 1. The van der Waals surface area contributed by atoms with Crippen molar-refractivity contribution in [2.45, 2.75) is 26.4 Å². The van der Waals surface area contributed by atoms with E-state index in [1.165, 1.54) is 0 Å². The molecule has 0 aliphatic rings. The number of hydrogen-bond donors (Lipinski definition) is 1. The highest BCUT2D eigenvalue weighted by molar-refractivity contribution is 5.85. The van der Waals surface area contributed by atoms with Crippen molar-refractivity contribution in [2.24, 2.45) is 0 Å². The molecule has 1 aromatic carbocycles. The summed E-state index contributed by atoms with van der Waals surface area (Å²) in [5.74, 6) is 0.780. The van der Waals surface area contributed by atoms with Gasteiger partial charge in [-0.2, -0.15) is 0 Å². The van der Waals surface area contributed by atoms with Gasteiger partial charge in [0.05, 0.1) is 11.6 Å². The monoisotopic (exact) mass is 231 g/mol. The van der Waals surface area contributed by atoms with Gasteiger partial charge in [-0.3, -0.25) is 4.98 Å². The number of aliphatic hydroxyl groups is 1. The van der Waals surface area contributed by atoms with Crippen LogP contribution in [0.1, 0.15) is 19.0 Å². The Bertz CT molecular complexity index is 511. The molecular weight excluding hydrogens is 214 g/mol. The van der Waals surface area contributed by atoms with Crippen LogP contribution in [-0.2, 0) is 0 Å². The van der Waals surface area contributed by atoms with E-state index in [2.05, 4.69) is 4.98 Å². The Hall–Kier alpha value is -1.61. The molecule has 0 bridgehead atoms. The van der Waals surface area contributed by atoms with Crippen LogP contribution in [0.5, 0.6) is 5.75 Å². The second-order valence-electron chi connectivity index (χ2n) is 4.15. The van der Waals surface area contributed by atoms with E-state index in [1.54, 1.807) is 0 Å². The number of aryl methyl sites for hydroxylation is 1. The summed E-state index contributed by atoms with van der Waals surface area (Å²) in [6.07, 6.45) is 0.283. The predicted molar refractivity (Wildman–Crippen MR) is 68.3 cm³/mol. The van der Waals surface area contributed by atoms with Crippen molar-refractivity contribution in [3.8, 4) is 5.75 Å². The Labute approximate surface area is 101 Å². The number of ether oxygens (including phenoxy) is 1. The highest BCUT2D eigenvalue weighted by atomic mass is 16.5. The molecule has 1 heterocycles. The van der Waals surface area contributed by atoms with Gasteiger partial charge < -0.3 is 9.84 Å². The minimum absolute atomic E-state index is 0.323. The third-order valence-electron chi connectivity index (χ3n) is 2.73. The molecule has 0 fully saturated rings. The third kappa shape index (κ3) is 2.74. The van der Waals surface area contributed by atoms with Crippen LogP contribution in [0.3, 0.4) is 0 Å². The van der Waals surface area contributed by atoms with Gasteiger partial charge in [-0.15, -0.1) is 0 Å². The van der Waals surface area contributed by atoms with Crippen molar-refractivity contribution in [3.05, 3.63) is 36.0 Å². The topological polar surface area (TPSA) is 42.4 Å². The van der Waals surface area contributed by atoms with Gasteiger partial charge in [-0.05, 0) is 37.6 Å². The summed E-state index contributed by atoms with van der Waals surface area (Å²) in [5.41, 5.74) is 1.91. The van der Waals surface area contributed by atoms with E-state index in [0.717, 1.165) is 22.3 Å². The summed E-state index contributed by atoms with van der Waals surface area (Å²) in [6, 6.07) is 9.76. The van der Waals surface area contributed by atoms with Crippen molar-refractivity contribution in [1.82, 2.24) is 4.98 Å². The van der Waals surface area contributed by atoms with E-state index in [1.807, 2.05) is 44.2 Å². The largest absolute Gasteiger partial charge is 0.490 e. The fourth-order valence-electron chi connectivity index (χ4n) is 1.66. The van der Waals surface area contributed by atoms with Crippen LogP contribution in [-0.4, -0.2) is 22.8 Å². The smallest absolute Gasteiger partial charge is 0.128 e. The molecule has 0 spiro atoms. The van der Waals surface area contributed by atoms with Crippen molar-refractivity contribution >= 4 is 10.9 Å². The quantitative estimate of drug-likeness (QED) is 0.879. The van der Waals surface area contributed by atoms with Crippen molar-refractivity contribution < 1.29 is 9.84 Å². The number of rotatable bonds is 4. The molecule has 0 amide bonds. The number of nitrogens with zero attached hydrogens (tertiary/aromatic N) is 1. The lowest BCUT2D eigenvalue weighted by Gasteiger charge is -2.12. The first kappa shape index (κ1) is 11.9. The van der Waals surface area contributed by atoms with Gasteiger partial charge in [-0.1, -0.05) is 13.0 Å². The maximum atomic E-state index is 9.49. The molecule has 90 valence electrons. The van der Waals surface area contributed by atoms with Crippen molar-refractivity contribution in [2.75, 3.05) is 6.61 Å². The van der Waals surface area contributed by atoms with Crippen molar-refractivity contribution in [3.63, 3.8) is 0 Å². The molecule has 0 radical (unpaired) electrons. The average molecular weight is 231 g/mol. The van der Waals surface area contributed by atoms with E-state index in [-0.39, 0.29) is 0 Å². The van der Waals surface area contributed by atoms with Gasteiger partial charge in [0.2, 0.25) is 0 Å². The van der Waals surface area contributed by atoms with Crippen LogP contribution < -0.4 is 4.74 Å². The van der Waals surface area contributed by atoms with Gasteiger partial charge in [-0.25, -0.2) is 0 Å². The van der Waals surface area contributed by atoms with Crippen LogP contribution in [0.4, 0.5) is 0 Å². The first-order valence-corrected chi connectivity index (χ1v) is 5.88. The molecule has 0 saturated carbocycles. The molecule has 1 aromatic heterocycles. The lowest BCUT2D eigenvalue weighted by Crippen LogP contribution is -2.16. The molecule has 0 aliphatic carbocycles. The summed E-state index contributed by atoms with van der Waals surface area (Å²) in [5, 5.41) is 10.5. The number of aromatic nitrogens is 1. The fourth-order valence-corrected chi connectivity index (χ4v) is 1.66. The van der Waals surface area contributed by atoms with Crippen LogP contribution in [0.25, 0.3) is 10.9 Å². The second kappa shape index (κ2) is 5.15. The zero-order valence-corrected chi connectivity index (χ0v) is 10.2. The summed E-state index contributed by atoms with van der Waals surface area (Å²) in [7, 11) is 0. The van der Waals surface area contributed by atoms with Crippen LogP contribution in [0, 0.1) is 6.92 Å². The molecule has 17 heavy (non-hydrogen) atoms. The molecule has 0 unspecified atom stereocenters. The SMILES string of the molecule is CC[C@@H](O)COc1cccc2nc(C)ccc12. The fraction of sp³-hybridized carbons (Fsp3) is 0.357. The maximum Gasteiger partial charge on any atom is 0.128 e. The Morgan fingerprint density at radius 1 is 1.29 bits per heavy atom. The maximum absolute atomic E-state index is 9.49. The molecule has 2 aromatic rings. The van der Waals surface area contributed by atoms with Crippen LogP contribution in [0.2, 0.25) is 0 Å².